The van der Waals surface area contributed by atoms with Crippen LogP contribution in [0.5, 0.6) is 0 Å². The Bertz CT molecular complexity index is 496. The molecule has 1 heterocycles. The molecule has 4 nitrogen and oxygen atoms in total. The van der Waals surface area contributed by atoms with E-state index in [1.54, 1.807) is 4.90 Å². The largest absolute Gasteiger partial charge is 0.481 e. The van der Waals surface area contributed by atoms with E-state index in [9.17, 15) is 9.59 Å². The number of carboxylic acids is 1. The van der Waals surface area contributed by atoms with Crippen molar-refractivity contribution in [3.63, 3.8) is 0 Å². The van der Waals surface area contributed by atoms with Crippen LogP contribution >= 0.6 is 0 Å². The molecule has 1 saturated heterocycles. The first-order valence-corrected chi connectivity index (χ1v) is 7.00. The number of amides is 1. The fourth-order valence-corrected chi connectivity index (χ4v) is 2.74. The van der Waals surface area contributed by atoms with Gasteiger partial charge in [0, 0.05) is 13.1 Å². The Balaban J connectivity index is 2.16. The molecule has 0 saturated carbocycles. The van der Waals surface area contributed by atoms with E-state index in [0.717, 1.165) is 12.0 Å². The van der Waals surface area contributed by atoms with Crippen LogP contribution in [0, 0.1) is 5.92 Å². The molecule has 20 heavy (non-hydrogen) atoms. The molecule has 1 aromatic carbocycles. The third-order valence-electron chi connectivity index (χ3n) is 4.09. The second-order valence-corrected chi connectivity index (χ2v) is 5.92. The number of likely N-dealkylation sites (tertiary alicyclic amines) is 1. The summed E-state index contributed by atoms with van der Waals surface area (Å²) in [6, 6.07) is 9.64. The van der Waals surface area contributed by atoms with Gasteiger partial charge in [-0.15, -0.1) is 0 Å². The molecule has 108 valence electrons. The maximum Gasteiger partial charge on any atom is 0.308 e. The summed E-state index contributed by atoms with van der Waals surface area (Å²) in [6.45, 7) is 4.77. The van der Waals surface area contributed by atoms with Crippen LogP contribution < -0.4 is 0 Å². The molecule has 1 aromatic rings. The van der Waals surface area contributed by atoms with Crippen LogP contribution in [0.4, 0.5) is 0 Å². The molecule has 2 rings (SSSR count). The summed E-state index contributed by atoms with van der Waals surface area (Å²) >= 11 is 0. The zero-order valence-electron chi connectivity index (χ0n) is 12.0. The smallest absolute Gasteiger partial charge is 0.308 e. The first kappa shape index (κ1) is 14.6. The van der Waals surface area contributed by atoms with Crippen LogP contribution in [0.3, 0.4) is 0 Å². The van der Waals surface area contributed by atoms with Gasteiger partial charge in [-0.05, 0) is 32.3 Å². The predicted octanol–water partition coefficient (Wildman–Crippen LogP) is 2.29. The number of carbonyl (C=O) groups is 2. The normalized spacial score (nSPS) is 19.7. The van der Waals surface area contributed by atoms with Gasteiger partial charge in [0.25, 0.3) is 0 Å². The molecular weight excluding hydrogens is 254 g/mol. The Labute approximate surface area is 119 Å². The quantitative estimate of drug-likeness (QED) is 0.920. The van der Waals surface area contributed by atoms with E-state index in [2.05, 4.69) is 0 Å². The van der Waals surface area contributed by atoms with Gasteiger partial charge in [0.05, 0.1) is 11.3 Å². The third kappa shape index (κ3) is 2.84. The van der Waals surface area contributed by atoms with Gasteiger partial charge in [0.15, 0.2) is 0 Å². The summed E-state index contributed by atoms with van der Waals surface area (Å²) in [4.78, 5) is 25.5. The van der Waals surface area contributed by atoms with Crippen LogP contribution in [0.1, 0.15) is 32.3 Å². The van der Waals surface area contributed by atoms with Crippen molar-refractivity contribution in [1.29, 1.82) is 0 Å². The lowest BCUT2D eigenvalue weighted by Gasteiger charge is -2.36. The number of piperidine rings is 1. The standard InChI is InChI=1S/C16H21NO3/c1-16(2,13-8-4-3-5-9-13)15(20)17-10-6-7-12(11-17)14(18)19/h3-5,8-9,12H,6-7,10-11H2,1-2H3,(H,18,19)/t12-/m1/s1. The lowest BCUT2D eigenvalue weighted by Crippen LogP contribution is -2.49. The number of hydrogen-bond acceptors (Lipinski definition) is 2. The topological polar surface area (TPSA) is 57.6 Å². The second-order valence-electron chi connectivity index (χ2n) is 5.92. The molecule has 1 fully saturated rings. The molecule has 0 radical (unpaired) electrons. The van der Waals surface area contributed by atoms with E-state index in [1.807, 2.05) is 44.2 Å². The van der Waals surface area contributed by atoms with Gasteiger partial charge in [0.1, 0.15) is 0 Å². The van der Waals surface area contributed by atoms with Crippen LogP contribution in [0.25, 0.3) is 0 Å². The molecule has 1 N–H and O–H groups in total. The molecule has 0 aromatic heterocycles. The van der Waals surface area contributed by atoms with Gasteiger partial charge < -0.3 is 10.0 Å². The Hall–Kier alpha value is -1.84. The molecular formula is C16H21NO3. The Morgan fingerprint density at radius 1 is 1.25 bits per heavy atom. The summed E-state index contributed by atoms with van der Waals surface area (Å²) in [5, 5.41) is 9.12. The molecule has 0 aliphatic carbocycles. The van der Waals surface area contributed by atoms with E-state index >= 15 is 0 Å². The first-order valence-electron chi connectivity index (χ1n) is 7.00. The average molecular weight is 275 g/mol. The molecule has 1 atom stereocenters. The van der Waals surface area contributed by atoms with Crippen molar-refractivity contribution in [3.05, 3.63) is 35.9 Å². The van der Waals surface area contributed by atoms with Gasteiger partial charge >= 0.3 is 5.97 Å². The highest BCUT2D eigenvalue weighted by molar-refractivity contribution is 5.88. The van der Waals surface area contributed by atoms with E-state index in [1.165, 1.54) is 0 Å². The minimum atomic E-state index is -0.806. The molecule has 0 spiro atoms. The monoisotopic (exact) mass is 275 g/mol. The predicted molar refractivity (Wildman–Crippen MR) is 76.4 cm³/mol. The zero-order chi connectivity index (χ0) is 14.8. The minimum Gasteiger partial charge on any atom is -0.481 e. The summed E-state index contributed by atoms with van der Waals surface area (Å²) in [5.74, 6) is -1.23. The summed E-state index contributed by atoms with van der Waals surface area (Å²) < 4.78 is 0. The molecule has 0 unspecified atom stereocenters. The van der Waals surface area contributed by atoms with Crippen LogP contribution in [-0.2, 0) is 15.0 Å². The lowest BCUT2D eigenvalue weighted by molar-refractivity contribution is -0.147. The summed E-state index contributed by atoms with van der Waals surface area (Å²) in [6.07, 6.45) is 1.42. The van der Waals surface area contributed by atoms with Crippen molar-refractivity contribution >= 4 is 11.9 Å². The van der Waals surface area contributed by atoms with Crippen molar-refractivity contribution in [3.8, 4) is 0 Å². The van der Waals surface area contributed by atoms with Crippen molar-refractivity contribution in [2.75, 3.05) is 13.1 Å². The number of rotatable bonds is 3. The molecule has 0 bridgehead atoms. The van der Waals surface area contributed by atoms with Crippen LogP contribution in [0.2, 0.25) is 0 Å². The molecule has 1 aliphatic rings. The molecule has 1 amide bonds. The fraction of sp³-hybridized carbons (Fsp3) is 0.500. The van der Waals surface area contributed by atoms with Gasteiger partial charge in [-0.1, -0.05) is 30.3 Å². The van der Waals surface area contributed by atoms with Crippen molar-refractivity contribution in [2.45, 2.75) is 32.1 Å². The summed E-state index contributed by atoms with van der Waals surface area (Å²) in [5.41, 5.74) is 0.337. The van der Waals surface area contributed by atoms with Gasteiger partial charge in [-0.25, -0.2) is 0 Å². The number of carboxylic acid groups (broad SMARTS) is 1. The highest BCUT2D eigenvalue weighted by Crippen LogP contribution is 2.28. The minimum absolute atomic E-state index is 0.00894. The maximum atomic E-state index is 12.7. The summed E-state index contributed by atoms with van der Waals surface area (Å²) in [7, 11) is 0. The van der Waals surface area contributed by atoms with Crippen LogP contribution in [0.15, 0.2) is 30.3 Å². The number of benzene rings is 1. The molecule has 4 heteroatoms. The number of carbonyl (C=O) groups excluding carboxylic acids is 1. The number of aliphatic carboxylic acids is 1. The van der Waals surface area contributed by atoms with E-state index in [4.69, 9.17) is 5.11 Å². The van der Waals surface area contributed by atoms with Crippen molar-refractivity contribution in [1.82, 2.24) is 4.90 Å². The fourth-order valence-electron chi connectivity index (χ4n) is 2.74. The van der Waals surface area contributed by atoms with E-state index in [-0.39, 0.29) is 5.91 Å². The SMILES string of the molecule is CC(C)(C(=O)N1CCC[C@@H](C(=O)O)C1)c1ccccc1. The maximum absolute atomic E-state index is 12.7. The van der Waals surface area contributed by atoms with Crippen LogP contribution in [-0.4, -0.2) is 35.0 Å². The Morgan fingerprint density at radius 2 is 1.90 bits per heavy atom. The van der Waals surface area contributed by atoms with Gasteiger partial charge in [-0.2, -0.15) is 0 Å². The number of hydrogen-bond donors (Lipinski definition) is 1. The lowest BCUT2D eigenvalue weighted by atomic mass is 9.82. The van der Waals surface area contributed by atoms with E-state index < -0.39 is 17.3 Å². The molecule has 1 aliphatic heterocycles. The first-order chi connectivity index (χ1) is 9.43. The van der Waals surface area contributed by atoms with E-state index in [0.29, 0.717) is 19.5 Å². The van der Waals surface area contributed by atoms with Crippen molar-refractivity contribution in [2.24, 2.45) is 5.92 Å². The van der Waals surface area contributed by atoms with Gasteiger partial charge in [-0.3, -0.25) is 9.59 Å². The Kier molecular flexibility index (Phi) is 4.12. The highest BCUT2D eigenvalue weighted by Gasteiger charge is 2.37. The van der Waals surface area contributed by atoms with Gasteiger partial charge in [0.2, 0.25) is 5.91 Å². The second kappa shape index (κ2) is 5.65. The Morgan fingerprint density at radius 3 is 2.50 bits per heavy atom. The third-order valence-corrected chi connectivity index (χ3v) is 4.09. The average Bonchev–Trinajstić information content (AvgIpc) is 2.47. The van der Waals surface area contributed by atoms with Crippen molar-refractivity contribution < 1.29 is 14.7 Å². The number of nitrogens with zero attached hydrogens (tertiary/aromatic N) is 1. The zero-order valence-corrected chi connectivity index (χ0v) is 12.0. The highest BCUT2D eigenvalue weighted by atomic mass is 16.4.